The van der Waals surface area contributed by atoms with Crippen molar-refractivity contribution in [2.75, 3.05) is 6.61 Å². The molecule has 0 bridgehead atoms. The third-order valence-electron chi connectivity index (χ3n) is 2.23. The van der Waals surface area contributed by atoms with E-state index < -0.39 is 10.9 Å². The van der Waals surface area contributed by atoms with Gasteiger partial charge in [-0.1, -0.05) is 6.07 Å². The maximum absolute atomic E-state index is 11.4. The van der Waals surface area contributed by atoms with Crippen LogP contribution in [0.1, 0.15) is 29.8 Å². The van der Waals surface area contributed by atoms with E-state index in [2.05, 4.69) is 0 Å². The van der Waals surface area contributed by atoms with Gasteiger partial charge in [0.1, 0.15) is 5.78 Å². The fourth-order valence-electron chi connectivity index (χ4n) is 1.49. The average molecular weight is 251 g/mol. The molecule has 6 nitrogen and oxygen atoms in total. The first-order valence-electron chi connectivity index (χ1n) is 5.39. The summed E-state index contributed by atoms with van der Waals surface area (Å²) < 4.78 is 4.76. The smallest absolute Gasteiger partial charge is 0.338 e. The molecule has 0 aliphatic rings. The molecule has 0 N–H and O–H groups in total. The van der Waals surface area contributed by atoms with Crippen LogP contribution < -0.4 is 0 Å². The van der Waals surface area contributed by atoms with Crippen molar-refractivity contribution in [3.63, 3.8) is 0 Å². The van der Waals surface area contributed by atoms with Crippen molar-refractivity contribution in [2.45, 2.75) is 20.3 Å². The summed E-state index contributed by atoms with van der Waals surface area (Å²) >= 11 is 0. The van der Waals surface area contributed by atoms with Gasteiger partial charge in [-0.3, -0.25) is 14.9 Å². The van der Waals surface area contributed by atoms with Gasteiger partial charge in [-0.2, -0.15) is 0 Å². The number of ether oxygens (including phenoxy) is 1. The maximum Gasteiger partial charge on any atom is 0.338 e. The van der Waals surface area contributed by atoms with Crippen LogP contribution >= 0.6 is 0 Å². The Morgan fingerprint density at radius 1 is 1.39 bits per heavy atom. The van der Waals surface area contributed by atoms with Gasteiger partial charge in [0.05, 0.1) is 17.1 Å². The van der Waals surface area contributed by atoms with E-state index in [4.69, 9.17) is 4.74 Å². The third-order valence-corrected chi connectivity index (χ3v) is 2.23. The summed E-state index contributed by atoms with van der Waals surface area (Å²) in [6, 6.07) is 3.96. The zero-order valence-corrected chi connectivity index (χ0v) is 10.1. The van der Waals surface area contributed by atoms with Crippen molar-refractivity contribution in [2.24, 2.45) is 0 Å². The van der Waals surface area contributed by atoms with Gasteiger partial charge in [0.25, 0.3) is 5.69 Å². The first kappa shape index (κ1) is 13.8. The van der Waals surface area contributed by atoms with Gasteiger partial charge in [-0.05, 0) is 19.9 Å². The fourth-order valence-corrected chi connectivity index (χ4v) is 1.49. The van der Waals surface area contributed by atoms with Gasteiger partial charge >= 0.3 is 5.97 Å². The Labute approximate surface area is 104 Å². The van der Waals surface area contributed by atoms with Crippen molar-refractivity contribution in [1.82, 2.24) is 0 Å². The molecule has 0 radical (unpaired) electrons. The molecule has 0 spiro atoms. The highest BCUT2D eigenvalue weighted by atomic mass is 16.6. The zero-order chi connectivity index (χ0) is 13.7. The van der Waals surface area contributed by atoms with Crippen molar-refractivity contribution < 1.29 is 19.2 Å². The minimum Gasteiger partial charge on any atom is -0.462 e. The van der Waals surface area contributed by atoms with E-state index in [0.717, 1.165) is 6.07 Å². The molecular formula is C12H13NO5. The van der Waals surface area contributed by atoms with Crippen LogP contribution in [0.5, 0.6) is 0 Å². The molecule has 18 heavy (non-hydrogen) atoms. The molecule has 1 aromatic carbocycles. The topological polar surface area (TPSA) is 86.5 Å². The standard InChI is InChI=1S/C12H13NO5/c1-3-18-12(15)10-5-4-9(6-8(2)14)11(7-10)13(16)17/h4-5,7H,3,6H2,1-2H3. The van der Waals surface area contributed by atoms with Crippen LogP contribution in [0.15, 0.2) is 18.2 Å². The second-order valence-corrected chi connectivity index (χ2v) is 3.70. The lowest BCUT2D eigenvalue weighted by molar-refractivity contribution is -0.385. The SMILES string of the molecule is CCOC(=O)c1ccc(CC(C)=O)c([N+](=O)[O-])c1. The van der Waals surface area contributed by atoms with Crippen molar-refractivity contribution in [3.8, 4) is 0 Å². The molecule has 0 atom stereocenters. The molecule has 0 saturated heterocycles. The van der Waals surface area contributed by atoms with E-state index in [-0.39, 0.29) is 30.1 Å². The average Bonchev–Trinajstić information content (AvgIpc) is 2.28. The maximum atomic E-state index is 11.4. The van der Waals surface area contributed by atoms with E-state index in [0.29, 0.717) is 5.56 Å². The van der Waals surface area contributed by atoms with Crippen LogP contribution in [0.4, 0.5) is 5.69 Å². The van der Waals surface area contributed by atoms with Crippen LogP contribution in [-0.4, -0.2) is 23.3 Å². The monoisotopic (exact) mass is 251 g/mol. The minimum atomic E-state index is -0.616. The number of Topliss-reactive ketones (excluding diaryl/α,β-unsaturated/α-hetero) is 1. The lowest BCUT2D eigenvalue weighted by Crippen LogP contribution is -2.07. The van der Waals surface area contributed by atoms with Crippen LogP contribution in [0.3, 0.4) is 0 Å². The number of hydrogen-bond donors (Lipinski definition) is 0. The molecule has 0 amide bonds. The molecule has 0 aliphatic carbocycles. The molecule has 0 heterocycles. The van der Waals surface area contributed by atoms with Crippen LogP contribution in [0.2, 0.25) is 0 Å². The van der Waals surface area contributed by atoms with E-state index >= 15 is 0 Å². The summed E-state index contributed by atoms with van der Waals surface area (Å²) in [6.45, 7) is 3.20. The summed E-state index contributed by atoms with van der Waals surface area (Å²) in [5, 5.41) is 10.9. The predicted octanol–water partition coefficient (Wildman–Crippen LogP) is 1.90. The van der Waals surface area contributed by atoms with Gasteiger partial charge in [0.15, 0.2) is 0 Å². The van der Waals surface area contributed by atoms with Crippen molar-refractivity contribution in [1.29, 1.82) is 0 Å². The molecule has 1 aromatic rings. The first-order valence-corrected chi connectivity index (χ1v) is 5.39. The summed E-state index contributed by atoms with van der Waals surface area (Å²) in [6.07, 6.45) is -0.0284. The minimum absolute atomic E-state index is 0.0284. The number of benzene rings is 1. The molecular weight excluding hydrogens is 238 g/mol. The van der Waals surface area contributed by atoms with Gasteiger partial charge in [0.2, 0.25) is 0 Å². The molecule has 0 aliphatic heterocycles. The lowest BCUT2D eigenvalue weighted by atomic mass is 10.0. The first-order chi connectivity index (χ1) is 8.45. The van der Waals surface area contributed by atoms with Crippen LogP contribution in [0, 0.1) is 10.1 Å². The van der Waals surface area contributed by atoms with E-state index in [1.165, 1.54) is 19.1 Å². The molecule has 0 unspecified atom stereocenters. The Hall–Kier alpha value is -2.24. The Morgan fingerprint density at radius 2 is 2.06 bits per heavy atom. The van der Waals surface area contributed by atoms with Gasteiger partial charge < -0.3 is 4.74 Å². The number of nitrogens with zero attached hydrogens (tertiary/aromatic N) is 1. The second kappa shape index (κ2) is 5.90. The van der Waals surface area contributed by atoms with Crippen molar-refractivity contribution >= 4 is 17.4 Å². The number of carbonyl (C=O) groups excluding carboxylic acids is 2. The number of nitro benzene ring substituents is 1. The number of ketones is 1. The normalized spacial score (nSPS) is 9.89. The van der Waals surface area contributed by atoms with Crippen LogP contribution in [0.25, 0.3) is 0 Å². The quantitative estimate of drug-likeness (QED) is 0.453. The van der Waals surface area contributed by atoms with Crippen molar-refractivity contribution in [3.05, 3.63) is 39.4 Å². The zero-order valence-electron chi connectivity index (χ0n) is 10.1. The van der Waals surface area contributed by atoms with E-state index in [1.54, 1.807) is 6.92 Å². The molecule has 0 aromatic heterocycles. The Bertz CT molecular complexity index is 495. The number of esters is 1. The largest absolute Gasteiger partial charge is 0.462 e. The Morgan fingerprint density at radius 3 is 2.56 bits per heavy atom. The third kappa shape index (κ3) is 3.38. The number of rotatable bonds is 5. The number of hydrogen-bond acceptors (Lipinski definition) is 5. The Balaban J connectivity index is 3.14. The van der Waals surface area contributed by atoms with E-state index in [1.807, 2.05) is 0 Å². The molecule has 96 valence electrons. The molecule has 0 saturated carbocycles. The summed E-state index contributed by atoms with van der Waals surface area (Å²) in [7, 11) is 0. The summed E-state index contributed by atoms with van der Waals surface area (Å²) in [5.41, 5.74) is 0.159. The highest BCUT2D eigenvalue weighted by molar-refractivity contribution is 5.90. The predicted molar refractivity (Wildman–Crippen MR) is 63.4 cm³/mol. The number of carbonyl (C=O) groups is 2. The summed E-state index contributed by atoms with van der Waals surface area (Å²) in [4.78, 5) is 32.7. The highest BCUT2D eigenvalue weighted by Gasteiger charge is 2.18. The lowest BCUT2D eigenvalue weighted by Gasteiger charge is -2.04. The molecule has 1 rings (SSSR count). The number of nitro groups is 1. The van der Waals surface area contributed by atoms with E-state index in [9.17, 15) is 19.7 Å². The molecule has 6 heteroatoms. The molecule has 0 fully saturated rings. The highest BCUT2D eigenvalue weighted by Crippen LogP contribution is 2.21. The second-order valence-electron chi connectivity index (χ2n) is 3.70. The van der Waals surface area contributed by atoms with Gasteiger partial charge in [0, 0.05) is 18.1 Å². The van der Waals surface area contributed by atoms with Gasteiger partial charge in [-0.25, -0.2) is 4.79 Å². The van der Waals surface area contributed by atoms with Gasteiger partial charge in [-0.15, -0.1) is 0 Å². The van der Waals surface area contributed by atoms with Crippen LogP contribution in [-0.2, 0) is 16.0 Å². The Kier molecular flexibility index (Phi) is 4.53. The fraction of sp³-hybridized carbons (Fsp3) is 0.333. The summed E-state index contributed by atoms with van der Waals surface area (Å²) in [5.74, 6) is -0.794.